The van der Waals surface area contributed by atoms with Crippen molar-refractivity contribution in [2.75, 3.05) is 4.90 Å². The van der Waals surface area contributed by atoms with Crippen LogP contribution in [0.25, 0.3) is 75.5 Å². The summed E-state index contributed by atoms with van der Waals surface area (Å²) in [4.78, 5) is 2.42. The van der Waals surface area contributed by atoms with Gasteiger partial charge in [-0.15, -0.1) is 11.3 Å². The highest BCUT2D eigenvalue weighted by atomic mass is 32.1. The standard InChI is InChI=1S/C52H35NS/c1-2-13-36(14-3-1)37-31-33-42(34-32-37)53(50-25-8-6-20-46(50)48-23-12-24-49-47-21-7-9-26-51(47)54-52(48)49)43-18-10-17-41(35-43)38-27-29-40(30-28-38)45-22-11-16-39-15-4-5-19-44(39)45/h1-35H. The highest BCUT2D eigenvalue weighted by Gasteiger charge is 2.20. The van der Waals surface area contributed by atoms with E-state index in [0.717, 1.165) is 17.1 Å². The predicted molar refractivity (Wildman–Crippen MR) is 233 cm³/mol. The van der Waals surface area contributed by atoms with E-state index in [4.69, 9.17) is 0 Å². The SMILES string of the molecule is c1ccc(-c2ccc(N(c3cccc(-c4ccc(-c5cccc6ccccc56)cc4)c3)c3ccccc3-c3cccc4c3sc3ccccc34)cc2)cc1. The Morgan fingerprint density at radius 3 is 1.74 bits per heavy atom. The lowest BCUT2D eigenvalue weighted by Gasteiger charge is -2.28. The summed E-state index contributed by atoms with van der Waals surface area (Å²) in [6.45, 7) is 0. The van der Waals surface area contributed by atoms with Gasteiger partial charge in [-0.2, -0.15) is 0 Å². The van der Waals surface area contributed by atoms with Gasteiger partial charge < -0.3 is 4.90 Å². The Labute approximate surface area is 319 Å². The number of hydrogen-bond donors (Lipinski definition) is 0. The molecule has 0 spiro atoms. The molecule has 1 heterocycles. The third kappa shape index (κ3) is 5.74. The number of benzene rings is 9. The first kappa shape index (κ1) is 32.0. The third-order valence-electron chi connectivity index (χ3n) is 10.5. The van der Waals surface area contributed by atoms with Crippen molar-refractivity contribution in [2.24, 2.45) is 0 Å². The summed E-state index contributed by atoms with van der Waals surface area (Å²) in [5, 5.41) is 5.14. The highest BCUT2D eigenvalue weighted by Crippen LogP contribution is 2.46. The average Bonchev–Trinajstić information content (AvgIpc) is 3.64. The largest absolute Gasteiger partial charge is 0.310 e. The first-order chi connectivity index (χ1) is 26.8. The minimum absolute atomic E-state index is 1.11. The molecule has 0 unspecified atom stereocenters. The number of hydrogen-bond acceptors (Lipinski definition) is 2. The van der Waals surface area contributed by atoms with Gasteiger partial charge in [0.25, 0.3) is 0 Å². The Bertz CT molecular complexity index is 2920. The Morgan fingerprint density at radius 1 is 0.315 bits per heavy atom. The molecule has 0 atom stereocenters. The van der Waals surface area contributed by atoms with Crippen LogP contribution in [0.1, 0.15) is 0 Å². The molecule has 0 bridgehead atoms. The lowest BCUT2D eigenvalue weighted by molar-refractivity contribution is 1.28. The molecule has 1 aromatic heterocycles. The van der Waals surface area contributed by atoms with E-state index in [1.165, 1.54) is 75.5 Å². The second-order valence-corrected chi connectivity index (χ2v) is 14.8. The first-order valence-corrected chi connectivity index (χ1v) is 19.2. The van der Waals surface area contributed by atoms with Crippen molar-refractivity contribution in [3.8, 4) is 44.5 Å². The summed E-state index contributed by atoms with van der Waals surface area (Å²) in [6, 6.07) is 77.1. The molecule has 1 nitrogen and oxygen atoms in total. The zero-order valence-corrected chi connectivity index (χ0v) is 30.4. The van der Waals surface area contributed by atoms with E-state index in [9.17, 15) is 0 Å². The van der Waals surface area contributed by atoms with E-state index in [1.54, 1.807) is 0 Å². The molecule has 0 aliphatic rings. The summed E-state index contributed by atoms with van der Waals surface area (Å²) in [5.74, 6) is 0. The Morgan fingerprint density at radius 2 is 0.870 bits per heavy atom. The van der Waals surface area contributed by atoms with E-state index in [2.05, 4.69) is 217 Å². The number of para-hydroxylation sites is 1. The second kappa shape index (κ2) is 13.7. The Kier molecular flexibility index (Phi) is 8.09. The van der Waals surface area contributed by atoms with Crippen LogP contribution in [-0.4, -0.2) is 0 Å². The molecule has 0 amide bonds. The van der Waals surface area contributed by atoms with Gasteiger partial charge in [0.15, 0.2) is 0 Å². The molecule has 0 saturated carbocycles. The van der Waals surface area contributed by atoms with E-state index < -0.39 is 0 Å². The fourth-order valence-corrected chi connectivity index (χ4v) is 9.09. The summed E-state index contributed by atoms with van der Waals surface area (Å²) in [5.41, 5.74) is 13.0. The highest BCUT2D eigenvalue weighted by molar-refractivity contribution is 7.26. The van der Waals surface area contributed by atoms with Crippen LogP contribution in [0.3, 0.4) is 0 Å². The van der Waals surface area contributed by atoms with Crippen molar-refractivity contribution in [2.45, 2.75) is 0 Å². The zero-order chi connectivity index (χ0) is 35.8. The molecule has 254 valence electrons. The summed E-state index contributed by atoms with van der Waals surface area (Å²) >= 11 is 1.88. The van der Waals surface area contributed by atoms with Gasteiger partial charge in [0.05, 0.1) is 5.69 Å². The fourth-order valence-electron chi connectivity index (χ4n) is 7.86. The van der Waals surface area contributed by atoms with Crippen LogP contribution in [0.15, 0.2) is 212 Å². The summed E-state index contributed by atoms with van der Waals surface area (Å²) in [6.07, 6.45) is 0. The van der Waals surface area contributed by atoms with Crippen molar-refractivity contribution in [3.05, 3.63) is 212 Å². The van der Waals surface area contributed by atoms with Crippen molar-refractivity contribution in [3.63, 3.8) is 0 Å². The van der Waals surface area contributed by atoms with E-state index in [0.29, 0.717) is 0 Å². The van der Waals surface area contributed by atoms with Crippen LogP contribution in [-0.2, 0) is 0 Å². The number of anilines is 3. The van der Waals surface area contributed by atoms with Crippen LogP contribution >= 0.6 is 11.3 Å². The molecule has 0 N–H and O–H groups in total. The zero-order valence-electron chi connectivity index (χ0n) is 29.6. The van der Waals surface area contributed by atoms with Gasteiger partial charge >= 0.3 is 0 Å². The number of nitrogens with zero attached hydrogens (tertiary/aromatic N) is 1. The van der Waals surface area contributed by atoms with Gasteiger partial charge in [0.1, 0.15) is 0 Å². The number of thiophene rings is 1. The molecule has 54 heavy (non-hydrogen) atoms. The van der Waals surface area contributed by atoms with Crippen LogP contribution < -0.4 is 4.90 Å². The third-order valence-corrected chi connectivity index (χ3v) is 11.7. The maximum atomic E-state index is 2.42. The van der Waals surface area contributed by atoms with E-state index >= 15 is 0 Å². The number of rotatable bonds is 7. The molecular weight excluding hydrogens is 671 g/mol. The first-order valence-electron chi connectivity index (χ1n) is 18.4. The number of fused-ring (bicyclic) bond motifs is 4. The lowest BCUT2D eigenvalue weighted by Crippen LogP contribution is -2.11. The van der Waals surface area contributed by atoms with Gasteiger partial charge in [0.2, 0.25) is 0 Å². The predicted octanol–water partition coefficient (Wildman–Crippen LogP) is 15.3. The van der Waals surface area contributed by atoms with Gasteiger partial charge in [-0.05, 0) is 80.6 Å². The quantitative estimate of drug-likeness (QED) is 0.160. The summed E-state index contributed by atoms with van der Waals surface area (Å²) < 4.78 is 2.62. The molecule has 0 aliphatic heterocycles. The fraction of sp³-hybridized carbons (Fsp3) is 0. The van der Waals surface area contributed by atoms with Crippen LogP contribution in [0, 0.1) is 0 Å². The minimum Gasteiger partial charge on any atom is -0.310 e. The van der Waals surface area contributed by atoms with Gasteiger partial charge in [-0.25, -0.2) is 0 Å². The maximum absolute atomic E-state index is 2.42. The van der Waals surface area contributed by atoms with Gasteiger partial charge in [-0.1, -0.05) is 176 Å². The molecule has 10 rings (SSSR count). The molecule has 0 fully saturated rings. The smallest absolute Gasteiger partial charge is 0.0540 e. The summed E-state index contributed by atoms with van der Waals surface area (Å²) in [7, 11) is 0. The molecule has 0 radical (unpaired) electrons. The average molecular weight is 706 g/mol. The van der Waals surface area contributed by atoms with Crippen molar-refractivity contribution in [1.29, 1.82) is 0 Å². The molecule has 0 aliphatic carbocycles. The van der Waals surface area contributed by atoms with Crippen LogP contribution in [0.2, 0.25) is 0 Å². The maximum Gasteiger partial charge on any atom is 0.0540 e. The Balaban J connectivity index is 1.10. The molecular formula is C52H35NS. The van der Waals surface area contributed by atoms with Gasteiger partial charge in [-0.3, -0.25) is 0 Å². The van der Waals surface area contributed by atoms with Crippen molar-refractivity contribution < 1.29 is 0 Å². The van der Waals surface area contributed by atoms with Crippen molar-refractivity contribution >= 4 is 59.3 Å². The molecule has 9 aromatic carbocycles. The monoisotopic (exact) mass is 705 g/mol. The van der Waals surface area contributed by atoms with E-state index in [-0.39, 0.29) is 0 Å². The molecule has 2 heteroatoms. The van der Waals surface area contributed by atoms with E-state index in [1.807, 2.05) is 11.3 Å². The van der Waals surface area contributed by atoms with Crippen LogP contribution in [0.4, 0.5) is 17.1 Å². The lowest BCUT2D eigenvalue weighted by atomic mass is 9.96. The van der Waals surface area contributed by atoms with Gasteiger partial charge in [0, 0.05) is 42.7 Å². The van der Waals surface area contributed by atoms with Crippen LogP contribution in [0.5, 0.6) is 0 Å². The second-order valence-electron chi connectivity index (χ2n) is 13.7. The minimum atomic E-state index is 1.11. The topological polar surface area (TPSA) is 3.24 Å². The normalized spacial score (nSPS) is 11.3. The molecule has 0 saturated heterocycles. The molecule has 10 aromatic rings. The van der Waals surface area contributed by atoms with Crippen molar-refractivity contribution in [1.82, 2.24) is 0 Å². The Hall–Kier alpha value is -6.74.